The molecule has 1 aliphatic heterocycles. The number of fused-ring (bicyclic) bond motifs is 1. The van der Waals surface area contributed by atoms with Gasteiger partial charge >= 0.3 is 5.82 Å². The summed E-state index contributed by atoms with van der Waals surface area (Å²) in [6.07, 6.45) is 1.85. The van der Waals surface area contributed by atoms with Gasteiger partial charge in [0.1, 0.15) is 6.20 Å². The number of thiazole rings is 1. The van der Waals surface area contributed by atoms with Gasteiger partial charge in [-0.25, -0.2) is 0 Å². The van der Waals surface area contributed by atoms with Gasteiger partial charge in [-0.1, -0.05) is 11.3 Å². The molecule has 0 aromatic carbocycles. The molecule has 0 spiro atoms. The van der Waals surface area contributed by atoms with Crippen molar-refractivity contribution < 1.29 is 10.0 Å². The number of β-amino-alcohol motifs (C(OH)–C–C–N with tert-alkyl or cyclic N) is 1. The highest BCUT2D eigenvalue weighted by atomic mass is 32.1. The van der Waals surface area contributed by atoms with Gasteiger partial charge in [-0.2, -0.15) is 9.38 Å². The van der Waals surface area contributed by atoms with E-state index >= 15 is 0 Å². The number of hydrogen-bond acceptors (Lipinski definition) is 6. The number of aliphatic hydroxyl groups excluding tert-OH is 1. The largest absolute Gasteiger partial charge is 0.391 e. The van der Waals surface area contributed by atoms with Gasteiger partial charge in [-0.15, -0.1) is 0 Å². The first-order valence-electron chi connectivity index (χ1n) is 5.20. The number of nitro groups is 1. The molecule has 90 valence electrons. The highest BCUT2D eigenvalue weighted by Gasteiger charge is 2.31. The molecule has 0 unspecified atom stereocenters. The molecule has 2 aromatic rings. The van der Waals surface area contributed by atoms with Crippen molar-refractivity contribution in [2.75, 3.05) is 18.0 Å². The van der Waals surface area contributed by atoms with E-state index < -0.39 is 11.0 Å². The van der Waals surface area contributed by atoms with Crippen LogP contribution in [-0.4, -0.2) is 38.6 Å². The van der Waals surface area contributed by atoms with E-state index in [4.69, 9.17) is 0 Å². The quantitative estimate of drug-likeness (QED) is 0.635. The maximum absolute atomic E-state index is 11.1. The SMILES string of the molecule is O=[N+]([O-])c1c(N2CC[C@H](O)C2)nc2sccn12. The first-order valence-corrected chi connectivity index (χ1v) is 6.07. The average Bonchev–Trinajstić information content (AvgIpc) is 2.88. The van der Waals surface area contributed by atoms with Gasteiger partial charge in [0.15, 0.2) is 0 Å². The molecular weight excluding hydrogens is 244 g/mol. The van der Waals surface area contributed by atoms with E-state index in [1.807, 2.05) is 0 Å². The highest BCUT2D eigenvalue weighted by Crippen LogP contribution is 2.32. The molecular formula is C9H10N4O3S. The molecule has 0 bridgehead atoms. The zero-order valence-corrected chi connectivity index (χ0v) is 9.63. The Morgan fingerprint density at radius 1 is 1.65 bits per heavy atom. The third-order valence-electron chi connectivity index (χ3n) is 2.86. The molecule has 17 heavy (non-hydrogen) atoms. The highest BCUT2D eigenvalue weighted by molar-refractivity contribution is 7.15. The van der Waals surface area contributed by atoms with Crippen molar-refractivity contribution in [3.63, 3.8) is 0 Å². The fourth-order valence-electron chi connectivity index (χ4n) is 2.08. The van der Waals surface area contributed by atoms with Crippen molar-refractivity contribution in [1.29, 1.82) is 0 Å². The Kier molecular flexibility index (Phi) is 2.26. The van der Waals surface area contributed by atoms with Gasteiger partial charge in [0, 0.05) is 18.5 Å². The summed E-state index contributed by atoms with van der Waals surface area (Å²) in [5.74, 6) is 0.341. The Hall–Kier alpha value is -1.67. The van der Waals surface area contributed by atoms with Crippen LogP contribution in [0.2, 0.25) is 0 Å². The monoisotopic (exact) mass is 254 g/mol. The molecule has 2 aromatic heterocycles. The van der Waals surface area contributed by atoms with Gasteiger partial charge in [0.2, 0.25) is 5.82 Å². The molecule has 1 fully saturated rings. The molecule has 3 heterocycles. The van der Waals surface area contributed by atoms with E-state index in [0.717, 1.165) is 0 Å². The lowest BCUT2D eigenvalue weighted by molar-refractivity contribution is -0.389. The molecule has 1 aliphatic rings. The van der Waals surface area contributed by atoms with Gasteiger partial charge in [-0.05, 0) is 11.3 Å². The second-order valence-corrected chi connectivity index (χ2v) is 4.83. The standard InChI is InChI=1S/C9H10N4O3S/c14-6-1-2-11(5-6)7-8(13(15)16)12-3-4-17-9(12)10-7/h3-4,6,14H,1-2,5H2/t6-/m0/s1. The Labute approximate surface area is 100 Å². The number of imidazole rings is 1. The fourth-order valence-corrected chi connectivity index (χ4v) is 2.78. The van der Waals surface area contributed by atoms with Crippen molar-refractivity contribution in [3.8, 4) is 0 Å². The summed E-state index contributed by atoms with van der Waals surface area (Å²) in [4.78, 5) is 17.3. The molecule has 0 saturated carbocycles. The van der Waals surface area contributed by atoms with Crippen LogP contribution >= 0.6 is 11.3 Å². The van der Waals surface area contributed by atoms with E-state index in [0.29, 0.717) is 30.3 Å². The second-order valence-electron chi connectivity index (χ2n) is 3.96. The summed E-state index contributed by atoms with van der Waals surface area (Å²) >= 11 is 1.36. The smallest absolute Gasteiger partial charge is 0.373 e. The molecule has 0 aliphatic carbocycles. The van der Waals surface area contributed by atoms with E-state index in [1.54, 1.807) is 16.5 Å². The maximum Gasteiger partial charge on any atom is 0.373 e. The normalized spacial score (nSPS) is 20.3. The summed E-state index contributed by atoms with van der Waals surface area (Å²) in [5, 5.41) is 22.3. The van der Waals surface area contributed by atoms with E-state index in [-0.39, 0.29) is 5.82 Å². The lowest BCUT2D eigenvalue weighted by Crippen LogP contribution is -2.22. The van der Waals surface area contributed by atoms with Gasteiger partial charge < -0.3 is 20.1 Å². The van der Waals surface area contributed by atoms with Crippen LogP contribution in [0.15, 0.2) is 11.6 Å². The molecule has 1 saturated heterocycles. The first kappa shape index (κ1) is 10.5. The Balaban J connectivity index is 2.11. The minimum Gasteiger partial charge on any atom is -0.391 e. The third-order valence-corrected chi connectivity index (χ3v) is 3.61. The minimum atomic E-state index is -0.424. The van der Waals surface area contributed by atoms with Crippen molar-refractivity contribution in [2.24, 2.45) is 0 Å². The van der Waals surface area contributed by atoms with E-state index in [1.165, 1.54) is 15.7 Å². The van der Waals surface area contributed by atoms with Crippen LogP contribution in [0.4, 0.5) is 11.6 Å². The van der Waals surface area contributed by atoms with Crippen molar-refractivity contribution in [3.05, 3.63) is 21.7 Å². The fraction of sp³-hybridized carbons (Fsp3) is 0.444. The minimum absolute atomic E-state index is 0.0182. The molecule has 0 amide bonds. The van der Waals surface area contributed by atoms with Crippen LogP contribution in [0, 0.1) is 10.1 Å². The van der Waals surface area contributed by atoms with Crippen LogP contribution in [-0.2, 0) is 0 Å². The summed E-state index contributed by atoms with van der Waals surface area (Å²) in [5.41, 5.74) is 0. The predicted octanol–water partition coefficient (Wildman–Crippen LogP) is 0.875. The Bertz CT molecular complexity index is 578. The van der Waals surface area contributed by atoms with Gasteiger partial charge in [0.05, 0.1) is 6.10 Å². The molecule has 1 N–H and O–H groups in total. The number of anilines is 1. The molecule has 3 rings (SSSR count). The predicted molar refractivity (Wildman–Crippen MR) is 62.6 cm³/mol. The first-order chi connectivity index (χ1) is 8.16. The van der Waals surface area contributed by atoms with Gasteiger partial charge in [0.25, 0.3) is 4.96 Å². The zero-order chi connectivity index (χ0) is 12.0. The molecule has 0 radical (unpaired) electrons. The lowest BCUT2D eigenvalue weighted by Gasteiger charge is -2.13. The zero-order valence-electron chi connectivity index (χ0n) is 8.81. The van der Waals surface area contributed by atoms with Crippen molar-refractivity contribution in [1.82, 2.24) is 9.38 Å². The Morgan fingerprint density at radius 3 is 3.12 bits per heavy atom. The van der Waals surface area contributed by atoms with Crippen LogP contribution < -0.4 is 4.90 Å². The third kappa shape index (κ3) is 1.56. The number of rotatable bonds is 2. The maximum atomic E-state index is 11.1. The Morgan fingerprint density at radius 2 is 2.47 bits per heavy atom. The number of hydrogen-bond donors (Lipinski definition) is 1. The van der Waals surface area contributed by atoms with Crippen LogP contribution in [0.5, 0.6) is 0 Å². The molecule has 8 heteroatoms. The van der Waals surface area contributed by atoms with E-state index in [2.05, 4.69) is 4.98 Å². The topological polar surface area (TPSA) is 83.9 Å². The van der Waals surface area contributed by atoms with Crippen LogP contribution in [0.25, 0.3) is 4.96 Å². The summed E-state index contributed by atoms with van der Waals surface area (Å²) in [6.45, 7) is 1.01. The number of aromatic nitrogens is 2. The van der Waals surface area contributed by atoms with Crippen LogP contribution in [0.1, 0.15) is 6.42 Å². The van der Waals surface area contributed by atoms with Crippen LogP contribution in [0.3, 0.4) is 0 Å². The van der Waals surface area contributed by atoms with Crippen molar-refractivity contribution >= 4 is 27.9 Å². The van der Waals surface area contributed by atoms with Gasteiger partial charge in [-0.3, -0.25) is 0 Å². The summed E-state index contributed by atoms with van der Waals surface area (Å²) in [6, 6.07) is 0. The summed E-state index contributed by atoms with van der Waals surface area (Å²) in [7, 11) is 0. The van der Waals surface area contributed by atoms with Crippen molar-refractivity contribution in [2.45, 2.75) is 12.5 Å². The molecule has 1 atom stereocenters. The lowest BCUT2D eigenvalue weighted by atomic mass is 10.3. The average molecular weight is 254 g/mol. The molecule has 7 nitrogen and oxygen atoms in total. The summed E-state index contributed by atoms with van der Waals surface area (Å²) < 4.78 is 1.48. The number of aliphatic hydroxyl groups is 1. The number of nitrogens with zero attached hydrogens (tertiary/aromatic N) is 4. The van der Waals surface area contributed by atoms with E-state index in [9.17, 15) is 15.2 Å². The second kappa shape index (κ2) is 3.67.